The summed E-state index contributed by atoms with van der Waals surface area (Å²) in [4.78, 5) is 18.1. The lowest BCUT2D eigenvalue weighted by Crippen LogP contribution is -2.20. The molecule has 1 aliphatic rings. The Morgan fingerprint density at radius 1 is 1.36 bits per heavy atom. The van der Waals surface area contributed by atoms with Crippen molar-refractivity contribution >= 4 is 5.91 Å². The number of rotatable bonds is 7. The Hall–Kier alpha value is -2.34. The average molecular weight is 343 g/mol. The van der Waals surface area contributed by atoms with E-state index in [-0.39, 0.29) is 5.91 Å². The molecule has 1 amide bonds. The molecular weight excluding hydrogens is 318 g/mol. The zero-order valence-corrected chi connectivity index (χ0v) is 15.1. The molecule has 2 aromatic rings. The van der Waals surface area contributed by atoms with Gasteiger partial charge in [-0.25, -0.2) is 4.98 Å². The summed E-state index contributed by atoms with van der Waals surface area (Å²) in [5.41, 5.74) is 2.03. The molecule has 1 saturated heterocycles. The Labute approximate surface area is 148 Å². The SMILES string of the molecule is CCOCc1cc(-c2nccn2CC2CC(=O)N(C)C2)ccc1OC. The topological polar surface area (TPSA) is 56.6 Å². The molecule has 1 fully saturated rings. The molecule has 0 aliphatic carbocycles. The molecule has 1 aromatic carbocycles. The molecule has 0 bridgehead atoms. The number of methoxy groups -OCH3 is 1. The lowest BCUT2D eigenvalue weighted by molar-refractivity contribution is -0.126. The van der Waals surface area contributed by atoms with Gasteiger partial charge in [0, 0.05) is 62.6 Å². The number of carbonyl (C=O) groups excluding carboxylic acids is 1. The van der Waals surface area contributed by atoms with Gasteiger partial charge in [0.25, 0.3) is 0 Å². The minimum absolute atomic E-state index is 0.218. The molecule has 1 aromatic heterocycles. The van der Waals surface area contributed by atoms with Crippen molar-refractivity contribution in [1.82, 2.24) is 14.5 Å². The van der Waals surface area contributed by atoms with Crippen LogP contribution in [-0.2, 0) is 22.7 Å². The van der Waals surface area contributed by atoms with Gasteiger partial charge in [0.2, 0.25) is 5.91 Å². The van der Waals surface area contributed by atoms with Crippen molar-refractivity contribution < 1.29 is 14.3 Å². The third-order valence-corrected chi connectivity index (χ3v) is 4.59. The predicted octanol–water partition coefficient (Wildman–Crippen LogP) is 2.57. The van der Waals surface area contributed by atoms with Crippen molar-refractivity contribution in [3.8, 4) is 17.1 Å². The molecule has 0 N–H and O–H groups in total. The van der Waals surface area contributed by atoms with E-state index in [0.717, 1.165) is 35.8 Å². The lowest BCUT2D eigenvalue weighted by Gasteiger charge is -2.15. The summed E-state index contributed by atoms with van der Waals surface area (Å²) in [6.45, 7) is 4.73. The highest BCUT2D eigenvalue weighted by atomic mass is 16.5. The summed E-state index contributed by atoms with van der Waals surface area (Å²) in [6.07, 6.45) is 4.39. The van der Waals surface area contributed by atoms with E-state index in [2.05, 4.69) is 15.6 Å². The van der Waals surface area contributed by atoms with Crippen molar-refractivity contribution in [3.63, 3.8) is 0 Å². The van der Waals surface area contributed by atoms with E-state index >= 15 is 0 Å². The molecule has 3 rings (SSSR count). The van der Waals surface area contributed by atoms with Gasteiger partial charge in [0.1, 0.15) is 11.6 Å². The minimum atomic E-state index is 0.218. The number of ether oxygens (including phenoxy) is 2. The van der Waals surface area contributed by atoms with Gasteiger partial charge in [-0.1, -0.05) is 0 Å². The first kappa shape index (κ1) is 17.5. The Bertz CT molecular complexity index is 741. The fourth-order valence-electron chi connectivity index (χ4n) is 3.32. The summed E-state index contributed by atoms with van der Waals surface area (Å²) < 4.78 is 13.1. The summed E-state index contributed by atoms with van der Waals surface area (Å²) in [5, 5.41) is 0. The van der Waals surface area contributed by atoms with Crippen LogP contribution in [0.25, 0.3) is 11.4 Å². The largest absolute Gasteiger partial charge is 0.496 e. The van der Waals surface area contributed by atoms with Crippen LogP contribution in [0.5, 0.6) is 5.75 Å². The number of amides is 1. The van der Waals surface area contributed by atoms with Crippen LogP contribution >= 0.6 is 0 Å². The lowest BCUT2D eigenvalue weighted by atomic mass is 10.1. The molecule has 1 unspecified atom stereocenters. The van der Waals surface area contributed by atoms with Crippen molar-refractivity contribution in [2.45, 2.75) is 26.5 Å². The Morgan fingerprint density at radius 3 is 2.88 bits per heavy atom. The molecule has 6 heteroatoms. The first-order valence-corrected chi connectivity index (χ1v) is 8.62. The number of nitrogens with zero attached hydrogens (tertiary/aromatic N) is 3. The molecule has 2 heterocycles. The maximum atomic E-state index is 11.8. The van der Waals surface area contributed by atoms with Gasteiger partial charge in [-0.05, 0) is 25.1 Å². The Kier molecular flexibility index (Phi) is 5.38. The normalized spacial score (nSPS) is 17.3. The van der Waals surface area contributed by atoms with Gasteiger partial charge in [-0.3, -0.25) is 4.79 Å². The monoisotopic (exact) mass is 343 g/mol. The number of hydrogen-bond acceptors (Lipinski definition) is 4. The second-order valence-electron chi connectivity index (χ2n) is 6.41. The highest BCUT2D eigenvalue weighted by molar-refractivity contribution is 5.78. The average Bonchev–Trinajstić information content (AvgIpc) is 3.19. The van der Waals surface area contributed by atoms with Crippen LogP contribution in [-0.4, -0.2) is 47.7 Å². The standard InChI is InChI=1S/C19H25N3O3/c1-4-25-13-16-10-15(5-6-17(16)24-3)19-20-7-8-22(19)12-14-9-18(23)21(2)11-14/h5-8,10,14H,4,9,11-13H2,1-3H3. The van der Waals surface area contributed by atoms with E-state index in [1.165, 1.54) is 0 Å². The number of imidazole rings is 1. The molecule has 0 saturated carbocycles. The first-order valence-electron chi connectivity index (χ1n) is 8.62. The Morgan fingerprint density at radius 2 is 2.20 bits per heavy atom. The van der Waals surface area contributed by atoms with Gasteiger partial charge >= 0.3 is 0 Å². The third-order valence-electron chi connectivity index (χ3n) is 4.59. The number of benzene rings is 1. The van der Waals surface area contributed by atoms with Gasteiger partial charge in [-0.15, -0.1) is 0 Å². The van der Waals surface area contributed by atoms with Gasteiger partial charge < -0.3 is 18.9 Å². The van der Waals surface area contributed by atoms with Crippen molar-refractivity contribution in [1.29, 1.82) is 0 Å². The fourth-order valence-corrected chi connectivity index (χ4v) is 3.32. The summed E-state index contributed by atoms with van der Waals surface area (Å²) >= 11 is 0. The fraction of sp³-hybridized carbons (Fsp3) is 0.474. The van der Waals surface area contributed by atoms with Crippen LogP contribution in [0, 0.1) is 5.92 Å². The summed E-state index contributed by atoms with van der Waals surface area (Å²) in [5.74, 6) is 2.27. The molecule has 1 atom stereocenters. The predicted molar refractivity (Wildman–Crippen MR) is 95.3 cm³/mol. The smallest absolute Gasteiger partial charge is 0.222 e. The van der Waals surface area contributed by atoms with E-state index in [0.29, 0.717) is 25.6 Å². The van der Waals surface area contributed by atoms with Crippen LogP contribution in [0.4, 0.5) is 0 Å². The van der Waals surface area contributed by atoms with E-state index < -0.39 is 0 Å². The quantitative estimate of drug-likeness (QED) is 0.775. The zero-order chi connectivity index (χ0) is 17.8. The molecule has 134 valence electrons. The van der Waals surface area contributed by atoms with Crippen LogP contribution in [0.3, 0.4) is 0 Å². The van der Waals surface area contributed by atoms with Crippen LogP contribution < -0.4 is 4.74 Å². The van der Waals surface area contributed by atoms with E-state index in [1.54, 1.807) is 12.0 Å². The van der Waals surface area contributed by atoms with Crippen molar-refractivity contribution in [2.24, 2.45) is 5.92 Å². The summed E-state index contributed by atoms with van der Waals surface area (Å²) in [6, 6.07) is 6.04. The highest BCUT2D eigenvalue weighted by Crippen LogP contribution is 2.28. The van der Waals surface area contributed by atoms with E-state index in [9.17, 15) is 4.79 Å². The van der Waals surface area contributed by atoms with Gasteiger partial charge in [0.15, 0.2) is 0 Å². The highest BCUT2D eigenvalue weighted by Gasteiger charge is 2.27. The van der Waals surface area contributed by atoms with Crippen LogP contribution in [0.15, 0.2) is 30.6 Å². The zero-order valence-electron chi connectivity index (χ0n) is 15.1. The third kappa shape index (κ3) is 3.85. The van der Waals surface area contributed by atoms with Crippen molar-refractivity contribution in [2.75, 3.05) is 27.3 Å². The summed E-state index contributed by atoms with van der Waals surface area (Å²) in [7, 11) is 3.53. The van der Waals surface area contributed by atoms with E-state index in [4.69, 9.17) is 9.47 Å². The van der Waals surface area contributed by atoms with E-state index in [1.807, 2.05) is 38.5 Å². The number of likely N-dealkylation sites (tertiary alicyclic amines) is 1. The Balaban J connectivity index is 1.83. The molecule has 25 heavy (non-hydrogen) atoms. The first-order chi connectivity index (χ1) is 12.1. The second kappa shape index (κ2) is 7.70. The number of hydrogen-bond donors (Lipinski definition) is 0. The van der Waals surface area contributed by atoms with Crippen molar-refractivity contribution in [3.05, 3.63) is 36.2 Å². The van der Waals surface area contributed by atoms with Gasteiger partial charge in [0.05, 0.1) is 13.7 Å². The van der Waals surface area contributed by atoms with Crippen LogP contribution in [0.1, 0.15) is 18.9 Å². The molecule has 6 nitrogen and oxygen atoms in total. The van der Waals surface area contributed by atoms with Gasteiger partial charge in [-0.2, -0.15) is 0 Å². The second-order valence-corrected chi connectivity index (χ2v) is 6.41. The van der Waals surface area contributed by atoms with Crippen LogP contribution in [0.2, 0.25) is 0 Å². The molecule has 0 radical (unpaired) electrons. The number of aromatic nitrogens is 2. The number of carbonyl (C=O) groups is 1. The molecular formula is C19H25N3O3. The molecule has 1 aliphatic heterocycles. The maximum Gasteiger partial charge on any atom is 0.222 e. The maximum absolute atomic E-state index is 11.8. The minimum Gasteiger partial charge on any atom is -0.496 e. The molecule has 0 spiro atoms.